The van der Waals surface area contributed by atoms with Crippen LogP contribution in [-0.4, -0.2) is 30.2 Å². The molecule has 5 nitrogen and oxygen atoms in total. The molecule has 0 spiro atoms. The minimum Gasteiger partial charge on any atom is -0.467 e. The number of ether oxygens (including phenoxy) is 2. The number of hydrogen-bond donors (Lipinski definition) is 1. The Hall–Kier alpha value is -1.10. The highest BCUT2D eigenvalue weighted by Gasteiger charge is 2.44. The molecule has 1 radical (unpaired) electrons. The summed E-state index contributed by atoms with van der Waals surface area (Å²) in [6, 6.07) is 0. The summed E-state index contributed by atoms with van der Waals surface area (Å²) in [5, 5.41) is 0. The van der Waals surface area contributed by atoms with E-state index in [0.29, 0.717) is 0 Å². The van der Waals surface area contributed by atoms with Crippen molar-refractivity contribution in [3.05, 3.63) is 6.92 Å². The summed E-state index contributed by atoms with van der Waals surface area (Å²) in [7, 11) is 1.16. The van der Waals surface area contributed by atoms with Crippen molar-refractivity contribution in [3.8, 4) is 0 Å². The maximum atomic E-state index is 11.6. The fourth-order valence-corrected chi connectivity index (χ4v) is 0.839. The van der Waals surface area contributed by atoms with Gasteiger partial charge in [0.1, 0.15) is 5.60 Å². The first-order valence-corrected chi connectivity index (χ1v) is 4.57. The lowest BCUT2D eigenvalue weighted by Crippen LogP contribution is -2.57. The van der Waals surface area contributed by atoms with Crippen LogP contribution in [-0.2, 0) is 19.1 Å². The third-order valence-corrected chi connectivity index (χ3v) is 1.71. The summed E-state index contributed by atoms with van der Waals surface area (Å²) in [4.78, 5) is 22.9. The van der Waals surface area contributed by atoms with Crippen LogP contribution in [0.25, 0.3) is 0 Å². The summed E-state index contributed by atoms with van der Waals surface area (Å²) >= 11 is 0. The second kappa shape index (κ2) is 4.61. The summed E-state index contributed by atoms with van der Waals surface area (Å²) in [5.41, 5.74) is 3.07. The molecular weight excluding hydrogens is 198 g/mol. The summed E-state index contributed by atoms with van der Waals surface area (Å²) in [5.74, 6) is -1.66. The van der Waals surface area contributed by atoms with Crippen LogP contribution in [0.15, 0.2) is 0 Å². The van der Waals surface area contributed by atoms with Crippen molar-refractivity contribution in [1.82, 2.24) is 0 Å². The number of hydrogen-bond acceptors (Lipinski definition) is 5. The standard InChI is InChI=1S/C10H18NO4/c1-6-10(11,7(12)14-5)8(13)15-9(2,3)4/h1,6,11H2,2-5H3/t10-/m0/s1. The molecule has 0 aliphatic heterocycles. The fourth-order valence-electron chi connectivity index (χ4n) is 0.839. The predicted molar refractivity (Wildman–Crippen MR) is 54.8 cm³/mol. The fraction of sp³-hybridized carbons (Fsp3) is 0.700. The Morgan fingerprint density at radius 1 is 1.27 bits per heavy atom. The summed E-state index contributed by atoms with van der Waals surface area (Å²) in [6.07, 6.45) is -0.116. The van der Waals surface area contributed by atoms with Crippen LogP contribution in [0.3, 0.4) is 0 Å². The van der Waals surface area contributed by atoms with Crippen LogP contribution in [0.1, 0.15) is 27.2 Å². The first-order valence-electron chi connectivity index (χ1n) is 4.57. The van der Waals surface area contributed by atoms with Gasteiger partial charge in [-0.2, -0.15) is 0 Å². The van der Waals surface area contributed by atoms with E-state index in [1.807, 2.05) is 0 Å². The molecule has 15 heavy (non-hydrogen) atoms. The van der Waals surface area contributed by atoms with Gasteiger partial charge in [0, 0.05) is 0 Å². The highest BCUT2D eigenvalue weighted by atomic mass is 16.6. The Morgan fingerprint density at radius 2 is 1.73 bits per heavy atom. The zero-order valence-corrected chi connectivity index (χ0v) is 9.62. The average Bonchev–Trinajstić information content (AvgIpc) is 2.12. The summed E-state index contributed by atoms with van der Waals surface area (Å²) in [6.45, 7) is 8.51. The van der Waals surface area contributed by atoms with E-state index < -0.39 is 23.1 Å². The average molecular weight is 216 g/mol. The smallest absolute Gasteiger partial charge is 0.338 e. The van der Waals surface area contributed by atoms with E-state index in [2.05, 4.69) is 11.7 Å². The summed E-state index contributed by atoms with van der Waals surface area (Å²) < 4.78 is 9.45. The molecule has 0 aromatic heterocycles. The van der Waals surface area contributed by atoms with Gasteiger partial charge < -0.3 is 15.2 Å². The van der Waals surface area contributed by atoms with Crippen molar-refractivity contribution in [3.63, 3.8) is 0 Å². The number of esters is 2. The SMILES string of the molecule is [CH2]C[C@](N)(C(=O)OC)C(=O)OC(C)(C)C. The highest BCUT2D eigenvalue weighted by Crippen LogP contribution is 2.16. The molecule has 87 valence electrons. The van der Waals surface area contributed by atoms with Gasteiger partial charge in [0.2, 0.25) is 5.54 Å². The lowest BCUT2D eigenvalue weighted by Gasteiger charge is -2.28. The minimum absolute atomic E-state index is 0.116. The molecule has 0 saturated heterocycles. The zero-order chi connectivity index (χ0) is 12.3. The highest BCUT2D eigenvalue weighted by molar-refractivity contribution is 6.04. The third kappa shape index (κ3) is 3.51. The van der Waals surface area contributed by atoms with Crippen LogP contribution in [0.4, 0.5) is 0 Å². The molecule has 0 unspecified atom stereocenters. The number of nitrogens with two attached hydrogens (primary N) is 1. The van der Waals surface area contributed by atoms with Gasteiger partial charge in [0.25, 0.3) is 0 Å². The van der Waals surface area contributed by atoms with Gasteiger partial charge in [0.05, 0.1) is 7.11 Å². The molecule has 0 aliphatic rings. The number of carbonyl (C=O) groups excluding carboxylic acids is 2. The molecule has 1 atom stereocenters. The monoisotopic (exact) mass is 216 g/mol. The number of rotatable bonds is 3. The molecule has 0 bridgehead atoms. The number of methoxy groups -OCH3 is 1. The lowest BCUT2D eigenvalue weighted by atomic mass is 9.97. The van der Waals surface area contributed by atoms with Crippen molar-refractivity contribution >= 4 is 11.9 Å². The van der Waals surface area contributed by atoms with Gasteiger partial charge >= 0.3 is 11.9 Å². The van der Waals surface area contributed by atoms with Crippen molar-refractivity contribution in [2.75, 3.05) is 7.11 Å². The van der Waals surface area contributed by atoms with E-state index >= 15 is 0 Å². The predicted octanol–water partition coefficient (Wildman–Crippen LogP) is 0.423. The Labute approximate surface area is 89.9 Å². The van der Waals surface area contributed by atoms with Crippen LogP contribution in [0.2, 0.25) is 0 Å². The molecule has 0 aromatic carbocycles. The molecule has 0 aliphatic carbocycles. The normalized spacial score (nSPS) is 15.3. The first kappa shape index (κ1) is 13.9. The van der Waals surface area contributed by atoms with Crippen LogP contribution in [0.5, 0.6) is 0 Å². The van der Waals surface area contributed by atoms with Gasteiger partial charge in [-0.15, -0.1) is 0 Å². The van der Waals surface area contributed by atoms with E-state index in [4.69, 9.17) is 10.5 Å². The quantitative estimate of drug-likeness (QED) is 0.546. The minimum atomic E-state index is -1.82. The van der Waals surface area contributed by atoms with E-state index in [0.717, 1.165) is 7.11 Å². The van der Waals surface area contributed by atoms with Gasteiger partial charge in [0.15, 0.2) is 0 Å². The molecule has 0 rings (SSSR count). The van der Waals surface area contributed by atoms with Crippen molar-refractivity contribution < 1.29 is 19.1 Å². The Kier molecular flexibility index (Phi) is 4.27. The topological polar surface area (TPSA) is 78.6 Å². The molecule has 5 heteroatoms. The Morgan fingerprint density at radius 3 is 2.00 bits per heavy atom. The molecular formula is C10H18NO4. The maximum Gasteiger partial charge on any atom is 0.338 e. The Balaban J connectivity index is 4.82. The molecule has 0 saturated carbocycles. The van der Waals surface area contributed by atoms with Crippen LogP contribution in [0, 0.1) is 6.92 Å². The van der Waals surface area contributed by atoms with Gasteiger partial charge in [-0.3, -0.25) is 0 Å². The van der Waals surface area contributed by atoms with Crippen molar-refractivity contribution in [2.24, 2.45) is 5.73 Å². The molecule has 0 heterocycles. The van der Waals surface area contributed by atoms with Crippen molar-refractivity contribution in [2.45, 2.75) is 38.3 Å². The third-order valence-electron chi connectivity index (χ3n) is 1.71. The molecule has 0 amide bonds. The Bertz CT molecular complexity index is 257. The van der Waals surface area contributed by atoms with E-state index in [-0.39, 0.29) is 6.42 Å². The van der Waals surface area contributed by atoms with E-state index in [1.165, 1.54) is 0 Å². The molecule has 0 aromatic rings. The van der Waals surface area contributed by atoms with E-state index in [9.17, 15) is 9.59 Å². The second-order valence-electron chi connectivity index (χ2n) is 4.21. The van der Waals surface area contributed by atoms with Crippen molar-refractivity contribution in [1.29, 1.82) is 0 Å². The van der Waals surface area contributed by atoms with Gasteiger partial charge in [-0.25, -0.2) is 9.59 Å². The first-order chi connectivity index (χ1) is 6.67. The van der Waals surface area contributed by atoms with Gasteiger partial charge in [-0.05, 0) is 27.2 Å². The second-order valence-corrected chi connectivity index (χ2v) is 4.21. The molecule has 2 N–H and O–H groups in total. The lowest BCUT2D eigenvalue weighted by molar-refractivity contribution is -0.170. The largest absolute Gasteiger partial charge is 0.467 e. The van der Waals surface area contributed by atoms with Gasteiger partial charge in [-0.1, -0.05) is 6.92 Å². The zero-order valence-electron chi connectivity index (χ0n) is 9.62. The number of carbonyl (C=O) groups is 2. The van der Waals surface area contributed by atoms with E-state index in [1.54, 1.807) is 20.8 Å². The maximum absolute atomic E-state index is 11.6. The molecule has 0 fully saturated rings. The van der Waals surface area contributed by atoms with Crippen LogP contribution >= 0.6 is 0 Å². The van der Waals surface area contributed by atoms with Crippen LogP contribution < -0.4 is 5.73 Å².